The average molecular weight is 347 g/mol. The van der Waals surface area contributed by atoms with E-state index in [0.717, 1.165) is 31.1 Å². The Morgan fingerprint density at radius 2 is 2.16 bits per heavy atom. The van der Waals surface area contributed by atoms with E-state index in [1.807, 2.05) is 6.07 Å². The van der Waals surface area contributed by atoms with Gasteiger partial charge in [0.2, 0.25) is 0 Å². The van der Waals surface area contributed by atoms with Crippen LogP contribution in [-0.2, 0) is 0 Å². The maximum absolute atomic E-state index is 11.5. The molecule has 1 aromatic rings. The molecule has 0 radical (unpaired) electrons. The summed E-state index contributed by atoms with van der Waals surface area (Å²) in [6, 6.07) is 3.75. The number of nitrogens with one attached hydrogen (secondary N) is 1. The lowest BCUT2D eigenvalue weighted by Gasteiger charge is -2.40. The number of pyridine rings is 1. The molecular weight excluding hydrogens is 312 g/mol. The third-order valence-corrected chi connectivity index (χ3v) is 5.35. The molecule has 0 aromatic carbocycles. The van der Waals surface area contributed by atoms with Gasteiger partial charge in [-0.1, -0.05) is 20.8 Å². The van der Waals surface area contributed by atoms with Crippen LogP contribution >= 0.6 is 0 Å². The molecular formula is C20H34N4O. The number of nitrogens with zero attached hydrogens (tertiary/aromatic N) is 3. The molecule has 1 amide bonds. The summed E-state index contributed by atoms with van der Waals surface area (Å²) in [5.41, 5.74) is 1.92. The van der Waals surface area contributed by atoms with Crippen molar-refractivity contribution in [1.29, 1.82) is 0 Å². The molecule has 25 heavy (non-hydrogen) atoms. The normalized spacial score (nSPS) is 18.8. The molecule has 1 atom stereocenters. The Labute approximate surface area is 152 Å². The zero-order valence-corrected chi connectivity index (χ0v) is 16.5. The molecule has 2 rings (SSSR count). The number of piperidine rings is 1. The predicted octanol–water partition coefficient (Wildman–Crippen LogP) is 3.03. The van der Waals surface area contributed by atoms with Crippen LogP contribution in [0.2, 0.25) is 0 Å². The highest BCUT2D eigenvalue weighted by Crippen LogP contribution is 2.33. The molecule has 0 saturated carbocycles. The molecule has 1 unspecified atom stereocenters. The van der Waals surface area contributed by atoms with Crippen LogP contribution in [0.1, 0.15) is 50.5 Å². The monoisotopic (exact) mass is 346 g/mol. The molecule has 1 fully saturated rings. The molecule has 2 heterocycles. The number of carbonyl (C=O) groups is 1. The van der Waals surface area contributed by atoms with Crippen LogP contribution in [0.15, 0.2) is 18.3 Å². The SMILES string of the molecule is CNC(=O)c1ccc(N(C)CCCN2CCCC(C(C)(C)C)C2)cn1. The van der Waals surface area contributed by atoms with E-state index in [0.29, 0.717) is 11.1 Å². The second kappa shape index (κ2) is 8.65. The van der Waals surface area contributed by atoms with Crippen LogP contribution in [0.3, 0.4) is 0 Å². The van der Waals surface area contributed by atoms with Crippen molar-refractivity contribution in [3.8, 4) is 0 Å². The first-order chi connectivity index (χ1) is 11.8. The van der Waals surface area contributed by atoms with E-state index < -0.39 is 0 Å². The first-order valence-corrected chi connectivity index (χ1v) is 9.43. The number of amides is 1. The Morgan fingerprint density at radius 3 is 2.76 bits per heavy atom. The van der Waals surface area contributed by atoms with Crippen molar-refractivity contribution in [2.75, 3.05) is 45.2 Å². The smallest absolute Gasteiger partial charge is 0.269 e. The van der Waals surface area contributed by atoms with E-state index >= 15 is 0 Å². The van der Waals surface area contributed by atoms with Gasteiger partial charge >= 0.3 is 0 Å². The predicted molar refractivity (Wildman–Crippen MR) is 104 cm³/mol. The molecule has 1 saturated heterocycles. The first kappa shape index (κ1) is 19.7. The van der Waals surface area contributed by atoms with Gasteiger partial charge in [0.15, 0.2) is 0 Å². The van der Waals surface area contributed by atoms with Gasteiger partial charge in [0.1, 0.15) is 5.69 Å². The highest BCUT2D eigenvalue weighted by atomic mass is 16.1. The summed E-state index contributed by atoms with van der Waals surface area (Å²) in [5, 5.41) is 2.59. The fourth-order valence-electron chi connectivity index (χ4n) is 3.50. The minimum atomic E-state index is -0.146. The minimum absolute atomic E-state index is 0.146. The Morgan fingerprint density at radius 1 is 1.40 bits per heavy atom. The Hall–Kier alpha value is -1.62. The zero-order chi connectivity index (χ0) is 18.4. The number of rotatable bonds is 6. The van der Waals surface area contributed by atoms with Crippen LogP contribution in [-0.4, -0.2) is 56.1 Å². The molecule has 1 aliphatic heterocycles. The maximum atomic E-state index is 11.5. The van der Waals surface area contributed by atoms with Gasteiger partial charge in [-0.05, 0) is 55.8 Å². The molecule has 0 spiro atoms. The topological polar surface area (TPSA) is 48.5 Å². The fourth-order valence-corrected chi connectivity index (χ4v) is 3.50. The van der Waals surface area contributed by atoms with Crippen LogP contribution in [0.5, 0.6) is 0 Å². The van der Waals surface area contributed by atoms with E-state index in [1.165, 1.54) is 25.9 Å². The van der Waals surface area contributed by atoms with E-state index in [9.17, 15) is 4.79 Å². The van der Waals surface area contributed by atoms with Crippen LogP contribution < -0.4 is 10.2 Å². The van der Waals surface area contributed by atoms with E-state index in [-0.39, 0.29) is 5.91 Å². The van der Waals surface area contributed by atoms with E-state index in [1.54, 1.807) is 19.3 Å². The van der Waals surface area contributed by atoms with Crippen molar-refractivity contribution >= 4 is 11.6 Å². The summed E-state index contributed by atoms with van der Waals surface area (Å²) in [7, 11) is 3.71. The van der Waals surface area contributed by atoms with Gasteiger partial charge < -0.3 is 15.1 Å². The number of likely N-dealkylation sites (tertiary alicyclic amines) is 1. The number of aromatic nitrogens is 1. The molecule has 5 nitrogen and oxygen atoms in total. The number of anilines is 1. The van der Waals surface area contributed by atoms with E-state index in [2.05, 4.69) is 47.9 Å². The first-order valence-electron chi connectivity index (χ1n) is 9.43. The third-order valence-electron chi connectivity index (χ3n) is 5.35. The molecule has 5 heteroatoms. The highest BCUT2D eigenvalue weighted by Gasteiger charge is 2.29. The van der Waals surface area contributed by atoms with E-state index in [4.69, 9.17) is 0 Å². The van der Waals surface area contributed by atoms with Crippen molar-refractivity contribution in [2.24, 2.45) is 11.3 Å². The molecule has 0 aliphatic carbocycles. The second-order valence-corrected chi connectivity index (χ2v) is 8.26. The zero-order valence-electron chi connectivity index (χ0n) is 16.5. The quantitative estimate of drug-likeness (QED) is 0.860. The summed E-state index contributed by atoms with van der Waals surface area (Å²) >= 11 is 0. The summed E-state index contributed by atoms with van der Waals surface area (Å²) in [4.78, 5) is 20.6. The average Bonchev–Trinajstić information content (AvgIpc) is 2.60. The third kappa shape index (κ3) is 5.70. The standard InChI is InChI=1S/C20H34N4O/c1-20(2,3)16-8-6-12-24(15-16)13-7-11-23(5)17-9-10-18(22-14-17)19(25)21-4/h9-10,14,16H,6-8,11-13,15H2,1-5H3,(H,21,25). The molecule has 1 N–H and O–H groups in total. The van der Waals surface area contributed by atoms with Gasteiger partial charge in [-0.3, -0.25) is 4.79 Å². The van der Waals surface area contributed by atoms with Crippen LogP contribution in [0, 0.1) is 11.3 Å². The van der Waals surface area contributed by atoms with Crippen molar-refractivity contribution in [3.05, 3.63) is 24.0 Å². The lowest BCUT2D eigenvalue weighted by molar-refractivity contribution is 0.0958. The van der Waals surface area contributed by atoms with Gasteiger partial charge in [-0.15, -0.1) is 0 Å². The summed E-state index contributed by atoms with van der Waals surface area (Å²) in [6.07, 6.45) is 5.61. The number of hydrogen-bond acceptors (Lipinski definition) is 4. The van der Waals surface area contributed by atoms with Crippen LogP contribution in [0.4, 0.5) is 5.69 Å². The largest absolute Gasteiger partial charge is 0.373 e. The Bertz CT molecular complexity index is 550. The fraction of sp³-hybridized carbons (Fsp3) is 0.700. The van der Waals surface area contributed by atoms with Crippen molar-refractivity contribution in [2.45, 2.75) is 40.0 Å². The van der Waals surface area contributed by atoms with Crippen molar-refractivity contribution in [1.82, 2.24) is 15.2 Å². The van der Waals surface area contributed by atoms with Gasteiger partial charge in [-0.2, -0.15) is 0 Å². The summed E-state index contributed by atoms with van der Waals surface area (Å²) < 4.78 is 0. The highest BCUT2D eigenvalue weighted by molar-refractivity contribution is 5.92. The van der Waals surface area contributed by atoms with Gasteiger partial charge in [-0.25, -0.2) is 4.98 Å². The van der Waals surface area contributed by atoms with Gasteiger partial charge in [0.05, 0.1) is 11.9 Å². The molecule has 140 valence electrons. The van der Waals surface area contributed by atoms with Gasteiger partial charge in [0, 0.05) is 27.2 Å². The molecule has 1 aromatic heterocycles. The Kier molecular flexibility index (Phi) is 6.82. The maximum Gasteiger partial charge on any atom is 0.269 e. The minimum Gasteiger partial charge on any atom is -0.373 e. The summed E-state index contributed by atoms with van der Waals surface area (Å²) in [5.74, 6) is 0.660. The second-order valence-electron chi connectivity index (χ2n) is 8.26. The number of hydrogen-bond donors (Lipinski definition) is 1. The molecule has 0 bridgehead atoms. The molecule has 1 aliphatic rings. The lowest BCUT2D eigenvalue weighted by Crippen LogP contribution is -2.41. The van der Waals surface area contributed by atoms with Gasteiger partial charge in [0.25, 0.3) is 5.91 Å². The lowest BCUT2D eigenvalue weighted by atomic mass is 9.76. The van der Waals surface area contributed by atoms with Crippen molar-refractivity contribution < 1.29 is 4.79 Å². The van der Waals surface area contributed by atoms with Crippen molar-refractivity contribution in [3.63, 3.8) is 0 Å². The summed E-state index contributed by atoms with van der Waals surface area (Å²) in [6.45, 7) is 11.7. The number of carbonyl (C=O) groups excluding carboxylic acids is 1. The Balaban J connectivity index is 1.78. The van der Waals surface area contributed by atoms with Crippen LogP contribution in [0.25, 0.3) is 0 Å².